The third kappa shape index (κ3) is 3.23. The molecule has 0 aromatic carbocycles. The van der Waals surface area contributed by atoms with E-state index in [1.807, 2.05) is 11.8 Å². The van der Waals surface area contributed by atoms with E-state index in [1.165, 1.54) is 12.3 Å². The summed E-state index contributed by atoms with van der Waals surface area (Å²) in [6.07, 6.45) is 6.02. The maximum absolute atomic E-state index is 12.5. The molecule has 1 fully saturated rings. The molecule has 2 N–H and O–H groups in total. The largest absolute Gasteiger partial charge is 0.367 e. The number of H-pyrrole nitrogens is 1. The molecule has 5 heteroatoms. The van der Waals surface area contributed by atoms with E-state index < -0.39 is 0 Å². The number of rotatable bonds is 4. The molecule has 0 aliphatic carbocycles. The molecule has 1 aliphatic heterocycles. The zero-order chi connectivity index (χ0) is 13.7. The summed E-state index contributed by atoms with van der Waals surface area (Å²) in [7, 11) is 0. The Bertz CT molecular complexity index is 478. The first-order chi connectivity index (χ1) is 9.24. The van der Waals surface area contributed by atoms with Gasteiger partial charge in [-0.2, -0.15) is 0 Å². The smallest absolute Gasteiger partial charge is 0.259 e. The molecule has 1 aromatic heterocycles. The van der Waals surface area contributed by atoms with Crippen molar-refractivity contribution in [2.75, 3.05) is 19.6 Å². The standard InChI is InChI=1S/C14H21N3O2/c1-2-8-17(11-4-3-6-15-9-11)14(19)12-10-16-7-5-13(12)18/h5,7,10-11,15H,2-4,6,8-9H2,1H3,(H,16,18). The minimum atomic E-state index is -0.214. The van der Waals surface area contributed by atoms with Gasteiger partial charge >= 0.3 is 0 Å². The van der Waals surface area contributed by atoms with E-state index in [9.17, 15) is 9.59 Å². The molecule has 1 unspecified atom stereocenters. The maximum atomic E-state index is 12.5. The predicted molar refractivity (Wildman–Crippen MR) is 74.3 cm³/mol. The Morgan fingerprint density at radius 1 is 1.53 bits per heavy atom. The number of amides is 1. The highest BCUT2D eigenvalue weighted by Gasteiger charge is 2.26. The second kappa shape index (κ2) is 6.52. The lowest BCUT2D eigenvalue weighted by atomic mass is 10.0. The summed E-state index contributed by atoms with van der Waals surface area (Å²) < 4.78 is 0. The van der Waals surface area contributed by atoms with Gasteiger partial charge in [-0.3, -0.25) is 9.59 Å². The van der Waals surface area contributed by atoms with Crippen LogP contribution in [0.2, 0.25) is 0 Å². The van der Waals surface area contributed by atoms with Gasteiger partial charge in [-0.15, -0.1) is 0 Å². The molecule has 1 aliphatic rings. The number of piperidine rings is 1. The molecule has 0 bridgehead atoms. The van der Waals surface area contributed by atoms with Crippen molar-refractivity contribution in [1.29, 1.82) is 0 Å². The van der Waals surface area contributed by atoms with Crippen molar-refractivity contribution in [1.82, 2.24) is 15.2 Å². The van der Waals surface area contributed by atoms with Crippen molar-refractivity contribution >= 4 is 5.91 Å². The van der Waals surface area contributed by atoms with E-state index in [0.29, 0.717) is 6.54 Å². The van der Waals surface area contributed by atoms with Gasteiger partial charge in [0.15, 0.2) is 5.43 Å². The monoisotopic (exact) mass is 263 g/mol. The number of aromatic amines is 1. The van der Waals surface area contributed by atoms with Crippen LogP contribution in [-0.4, -0.2) is 41.5 Å². The average Bonchev–Trinajstić information content (AvgIpc) is 2.45. The lowest BCUT2D eigenvalue weighted by Crippen LogP contribution is -2.49. The van der Waals surface area contributed by atoms with E-state index in [4.69, 9.17) is 0 Å². The summed E-state index contributed by atoms with van der Waals surface area (Å²) in [5.41, 5.74) is 0.0233. The Morgan fingerprint density at radius 2 is 2.37 bits per heavy atom. The summed E-state index contributed by atoms with van der Waals surface area (Å²) in [4.78, 5) is 29.0. The number of aromatic nitrogens is 1. The number of nitrogens with one attached hydrogen (secondary N) is 2. The molecule has 0 spiro atoms. The number of carbonyl (C=O) groups excluding carboxylic acids is 1. The van der Waals surface area contributed by atoms with Gasteiger partial charge in [0.05, 0.1) is 0 Å². The Labute approximate surface area is 113 Å². The highest BCUT2D eigenvalue weighted by atomic mass is 16.2. The van der Waals surface area contributed by atoms with E-state index >= 15 is 0 Å². The van der Waals surface area contributed by atoms with Crippen LogP contribution in [0, 0.1) is 0 Å². The zero-order valence-electron chi connectivity index (χ0n) is 11.3. The molecule has 1 saturated heterocycles. The predicted octanol–water partition coefficient (Wildman–Crippen LogP) is 0.979. The fourth-order valence-electron chi connectivity index (χ4n) is 2.53. The van der Waals surface area contributed by atoms with Gasteiger partial charge in [0, 0.05) is 37.6 Å². The van der Waals surface area contributed by atoms with Crippen LogP contribution in [0.25, 0.3) is 0 Å². The van der Waals surface area contributed by atoms with Crippen molar-refractivity contribution in [2.45, 2.75) is 32.2 Å². The van der Waals surface area contributed by atoms with Crippen LogP contribution in [-0.2, 0) is 0 Å². The van der Waals surface area contributed by atoms with Gasteiger partial charge < -0.3 is 15.2 Å². The molecule has 1 amide bonds. The van der Waals surface area contributed by atoms with Crippen LogP contribution in [0.3, 0.4) is 0 Å². The minimum absolute atomic E-state index is 0.155. The number of nitrogens with zero attached hydrogens (tertiary/aromatic N) is 1. The third-order valence-electron chi connectivity index (χ3n) is 3.49. The topological polar surface area (TPSA) is 65.2 Å². The molecule has 19 heavy (non-hydrogen) atoms. The van der Waals surface area contributed by atoms with E-state index in [0.717, 1.165) is 32.4 Å². The van der Waals surface area contributed by atoms with Gasteiger partial charge in [-0.05, 0) is 25.8 Å². The number of carbonyl (C=O) groups is 1. The summed E-state index contributed by atoms with van der Waals surface area (Å²) >= 11 is 0. The van der Waals surface area contributed by atoms with Gasteiger partial charge in [-0.25, -0.2) is 0 Å². The highest BCUT2D eigenvalue weighted by Crippen LogP contribution is 2.13. The fraction of sp³-hybridized carbons (Fsp3) is 0.571. The van der Waals surface area contributed by atoms with Crippen LogP contribution < -0.4 is 10.7 Å². The van der Waals surface area contributed by atoms with Crippen molar-refractivity contribution in [3.05, 3.63) is 34.2 Å². The highest BCUT2D eigenvalue weighted by molar-refractivity contribution is 5.94. The maximum Gasteiger partial charge on any atom is 0.259 e. The number of hydrogen-bond donors (Lipinski definition) is 2. The molecular formula is C14H21N3O2. The molecule has 0 saturated carbocycles. The molecule has 5 nitrogen and oxygen atoms in total. The van der Waals surface area contributed by atoms with Crippen molar-refractivity contribution in [3.8, 4) is 0 Å². The van der Waals surface area contributed by atoms with Crippen molar-refractivity contribution in [3.63, 3.8) is 0 Å². The Kier molecular flexibility index (Phi) is 4.74. The molecule has 1 aromatic rings. The Balaban J connectivity index is 2.20. The number of pyridine rings is 1. The SMILES string of the molecule is CCCN(C(=O)c1c[nH]ccc1=O)C1CCCNC1. The van der Waals surface area contributed by atoms with E-state index in [2.05, 4.69) is 10.3 Å². The van der Waals surface area contributed by atoms with Crippen LogP contribution in [0.1, 0.15) is 36.5 Å². The molecule has 2 rings (SSSR count). The van der Waals surface area contributed by atoms with Crippen LogP contribution in [0.5, 0.6) is 0 Å². The molecular weight excluding hydrogens is 242 g/mol. The fourth-order valence-corrected chi connectivity index (χ4v) is 2.53. The summed E-state index contributed by atoms with van der Waals surface area (Å²) in [6.45, 7) is 4.57. The lowest BCUT2D eigenvalue weighted by molar-refractivity contribution is 0.0647. The van der Waals surface area contributed by atoms with Crippen LogP contribution >= 0.6 is 0 Å². The Hall–Kier alpha value is -1.62. The average molecular weight is 263 g/mol. The van der Waals surface area contributed by atoms with Gasteiger partial charge in [0.1, 0.15) is 5.56 Å². The summed E-state index contributed by atoms with van der Waals surface area (Å²) in [6, 6.07) is 1.59. The summed E-state index contributed by atoms with van der Waals surface area (Å²) in [5, 5.41) is 3.31. The van der Waals surface area contributed by atoms with Crippen molar-refractivity contribution in [2.24, 2.45) is 0 Å². The second-order valence-corrected chi connectivity index (χ2v) is 4.92. The number of hydrogen-bond acceptors (Lipinski definition) is 3. The first kappa shape index (κ1) is 13.8. The van der Waals surface area contributed by atoms with Crippen LogP contribution in [0.4, 0.5) is 0 Å². The summed E-state index contributed by atoms with van der Waals surface area (Å²) in [5.74, 6) is -0.155. The normalized spacial score (nSPS) is 19.1. The van der Waals surface area contributed by atoms with Crippen LogP contribution in [0.15, 0.2) is 23.3 Å². The minimum Gasteiger partial charge on any atom is -0.367 e. The second-order valence-electron chi connectivity index (χ2n) is 4.92. The van der Waals surface area contributed by atoms with Gasteiger partial charge in [0.25, 0.3) is 5.91 Å². The first-order valence-corrected chi connectivity index (χ1v) is 6.93. The van der Waals surface area contributed by atoms with Gasteiger partial charge in [-0.1, -0.05) is 6.92 Å². The lowest BCUT2D eigenvalue weighted by Gasteiger charge is -2.34. The molecule has 104 valence electrons. The molecule has 1 atom stereocenters. The Morgan fingerprint density at radius 3 is 3.00 bits per heavy atom. The van der Waals surface area contributed by atoms with E-state index in [1.54, 1.807) is 6.20 Å². The van der Waals surface area contributed by atoms with E-state index in [-0.39, 0.29) is 22.9 Å². The molecule has 0 radical (unpaired) electrons. The third-order valence-corrected chi connectivity index (χ3v) is 3.49. The van der Waals surface area contributed by atoms with Gasteiger partial charge in [0.2, 0.25) is 0 Å². The quantitative estimate of drug-likeness (QED) is 0.851. The molecule has 2 heterocycles. The van der Waals surface area contributed by atoms with Crippen molar-refractivity contribution < 1.29 is 4.79 Å². The zero-order valence-corrected chi connectivity index (χ0v) is 11.3. The first-order valence-electron chi connectivity index (χ1n) is 6.93.